The van der Waals surface area contributed by atoms with E-state index >= 15 is 0 Å². The van der Waals surface area contributed by atoms with Crippen molar-refractivity contribution in [1.82, 2.24) is 9.78 Å². The molecule has 0 amide bonds. The van der Waals surface area contributed by atoms with Gasteiger partial charge < -0.3 is 5.73 Å². The quantitative estimate of drug-likeness (QED) is 0.920. The van der Waals surface area contributed by atoms with Gasteiger partial charge in [-0.1, -0.05) is 25.5 Å². The molecule has 0 aliphatic heterocycles. The number of aryl methyl sites for hydroxylation is 1. The predicted molar refractivity (Wildman–Crippen MR) is 83.2 cm³/mol. The van der Waals surface area contributed by atoms with Crippen molar-refractivity contribution < 1.29 is 0 Å². The number of benzene rings is 1. The number of rotatable bonds is 4. The van der Waals surface area contributed by atoms with Crippen molar-refractivity contribution in [3.63, 3.8) is 0 Å². The number of unbranched alkanes of at least 4 members (excludes halogenated alkanes) is 1. The number of aromatic nitrogens is 2. The zero-order valence-electron chi connectivity index (χ0n) is 12.2. The minimum atomic E-state index is 0.717. The van der Waals surface area contributed by atoms with Crippen molar-refractivity contribution in [1.29, 1.82) is 0 Å². The van der Waals surface area contributed by atoms with Crippen molar-refractivity contribution in [2.24, 2.45) is 0 Å². The summed E-state index contributed by atoms with van der Waals surface area (Å²) in [5.74, 6) is 0.717. The summed E-state index contributed by atoms with van der Waals surface area (Å²) in [6.45, 7) is 2.23. The molecule has 1 heterocycles. The molecule has 20 heavy (non-hydrogen) atoms. The van der Waals surface area contributed by atoms with Gasteiger partial charge in [-0.3, -0.25) is 0 Å². The number of hydrogen-bond acceptors (Lipinski definition) is 2. The van der Waals surface area contributed by atoms with Gasteiger partial charge in [-0.2, -0.15) is 5.10 Å². The molecule has 3 rings (SSSR count). The molecule has 0 spiro atoms. The van der Waals surface area contributed by atoms with Gasteiger partial charge in [0.15, 0.2) is 0 Å². The Morgan fingerprint density at radius 3 is 2.65 bits per heavy atom. The molecule has 3 heteroatoms. The molecule has 0 saturated heterocycles. The van der Waals surface area contributed by atoms with E-state index in [2.05, 4.69) is 36.3 Å². The SMILES string of the molecule is CCCCc1ccc(-n2nc(N)c3c2CCCC3)cc1. The van der Waals surface area contributed by atoms with Gasteiger partial charge in [0, 0.05) is 11.3 Å². The standard InChI is InChI=1S/C17H23N3/c1-2-3-6-13-9-11-14(12-10-13)20-16-8-5-4-7-15(16)17(18)19-20/h9-12H,2-8H2,1H3,(H2,18,19). The molecule has 0 unspecified atom stereocenters. The maximum atomic E-state index is 6.06. The monoisotopic (exact) mass is 269 g/mol. The average molecular weight is 269 g/mol. The molecule has 1 aliphatic rings. The van der Waals surface area contributed by atoms with E-state index in [0.717, 1.165) is 30.8 Å². The van der Waals surface area contributed by atoms with Gasteiger partial charge in [0.1, 0.15) is 5.82 Å². The van der Waals surface area contributed by atoms with Crippen LogP contribution in [0.15, 0.2) is 24.3 Å². The van der Waals surface area contributed by atoms with Crippen LogP contribution in [-0.4, -0.2) is 9.78 Å². The summed E-state index contributed by atoms with van der Waals surface area (Å²) >= 11 is 0. The second-order valence-electron chi connectivity index (χ2n) is 5.70. The third-order valence-electron chi connectivity index (χ3n) is 4.21. The van der Waals surface area contributed by atoms with E-state index in [9.17, 15) is 0 Å². The molecule has 106 valence electrons. The van der Waals surface area contributed by atoms with Gasteiger partial charge in [-0.15, -0.1) is 0 Å². The lowest BCUT2D eigenvalue weighted by Crippen LogP contribution is -2.07. The van der Waals surface area contributed by atoms with Gasteiger partial charge in [0.2, 0.25) is 0 Å². The zero-order chi connectivity index (χ0) is 13.9. The highest BCUT2D eigenvalue weighted by Gasteiger charge is 2.19. The summed E-state index contributed by atoms with van der Waals surface area (Å²) in [4.78, 5) is 0. The number of hydrogen-bond donors (Lipinski definition) is 1. The van der Waals surface area contributed by atoms with Crippen molar-refractivity contribution in [2.75, 3.05) is 5.73 Å². The van der Waals surface area contributed by atoms with Crippen molar-refractivity contribution in [3.8, 4) is 5.69 Å². The van der Waals surface area contributed by atoms with Crippen molar-refractivity contribution in [2.45, 2.75) is 51.9 Å². The summed E-state index contributed by atoms with van der Waals surface area (Å²) in [5.41, 5.74) is 11.2. The molecule has 1 aliphatic carbocycles. The Bertz CT molecular complexity index is 581. The Morgan fingerprint density at radius 1 is 1.15 bits per heavy atom. The van der Waals surface area contributed by atoms with E-state index in [0.29, 0.717) is 0 Å². The first kappa shape index (κ1) is 13.2. The van der Waals surface area contributed by atoms with Gasteiger partial charge >= 0.3 is 0 Å². The maximum absolute atomic E-state index is 6.06. The zero-order valence-corrected chi connectivity index (χ0v) is 12.2. The summed E-state index contributed by atoms with van der Waals surface area (Å²) in [6.07, 6.45) is 8.31. The first-order chi connectivity index (χ1) is 9.79. The van der Waals surface area contributed by atoms with Crippen molar-refractivity contribution >= 4 is 5.82 Å². The van der Waals surface area contributed by atoms with E-state index in [-0.39, 0.29) is 0 Å². The van der Waals surface area contributed by atoms with Gasteiger partial charge in [0.25, 0.3) is 0 Å². The molecule has 3 nitrogen and oxygen atoms in total. The normalized spacial score (nSPS) is 14.2. The lowest BCUT2D eigenvalue weighted by atomic mass is 9.97. The van der Waals surface area contributed by atoms with Gasteiger partial charge in [-0.05, 0) is 56.2 Å². The fourth-order valence-electron chi connectivity index (χ4n) is 3.03. The number of nitrogens with two attached hydrogens (primary N) is 1. The Hall–Kier alpha value is -1.77. The summed E-state index contributed by atoms with van der Waals surface area (Å²) < 4.78 is 2.05. The topological polar surface area (TPSA) is 43.8 Å². The molecule has 0 fully saturated rings. The predicted octanol–water partition coefficient (Wildman–Crippen LogP) is 3.68. The van der Waals surface area contributed by atoms with E-state index in [1.807, 2.05) is 4.68 Å². The third kappa shape index (κ3) is 2.45. The van der Waals surface area contributed by atoms with Crippen LogP contribution >= 0.6 is 0 Å². The Kier molecular flexibility index (Phi) is 3.77. The lowest BCUT2D eigenvalue weighted by Gasteiger charge is -2.14. The minimum absolute atomic E-state index is 0.717. The fourth-order valence-corrected chi connectivity index (χ4v) is 3.03. The Balaban J connectivity index is 1.89. The van der Waals surface area contributed by atoms with Crippen LogP contribution in [0.3, 0.4) is 0 Å². The number of anilines is 1. The molecule has 0 radical (unpaired) electrons. The van der Waals surface area contributed by atoms with Gasteiger partial charge in [-0.25, -0.2) is 4.68 Å². The van der Waals surface area contributed by atoms with Gasteiger partial charge in [0.05, 0.1) is 5.69 Å². The molecule has 2 aromatic rings. The number of fused-ring (bicyclic) bond motifs is 1. The first-order valence-corrected chi connectivity index (χ1v) is 7.75. The molecule has 2 N–H and O–H groups in total. The smallest absolute Gasteiger partial charge is 0.149 e. The highest BCUT2D eigenvalue weighted by molar-refractivity contribution is 5.48. The second-order valence-corrected chi connectivity index (χ2v) is 5.70. The largest absolute Gasteiger partial charge is 0.382 e. The number of nitrogen functional groups attached to an aromatic ring is 1. The van der Waals surface area contributed by atoms with E-state index < -0.39 is 0 Å². The van der Waals surface area contributed by atoms with E-state index in [4.69, 9.17) is 5.73 Å². The maximum Gasteiger partial charge on any atom is 0.149 e. The molecule has 1 aromatic carbocycles. The Labute approximate surface area is 120 Å². The highest BCUT2D eigenvalue weighted by Crippen LogP contribution is 2.28. The summed E-state index contributed by atoms with van der Waals surface area (Å²) in [6, 6.07) is 8.79. The highest BCUT2D eigenvalue weighted by atomic mass is 15.3. The minimum Gasteiger partial charge on any atom is -0.382 e. The average Bonchev–Trinajstić information content (AvgIpc) is 2.83. The van der Waals surface area contributed by atoms with Crippen LogP contribution < -0.4 is 5.73 Å². The van der Waals surface area contributed by atoms with Crippen LogP contribution in [0.2, 0.25) is 0 Å². The third-order valence-corrected chi connectivity index (χ3v) is 4.21. The lowest BCUT2D eigenvalue weighted by molar-refractivity contribution is 0.653. The molecule has 1 aromatic heterocycles. The Morgan fingerprint density at radius 2 is 1.90 bits per heavy atom. The first-order valence-electron chi connectivity index (χ1n) is 7.75. The second kappa shape index (κ2) is 5.70. The van der Waals surface area contributed by atoms with Crippen LogP contribution in [0.1, 0.15) is 49.4 Å². The van der Waals surface area contributed by atoms with Crippen LogP contribution in [0, 0.1) is 0 Å². The molecule has 0 bridgehead atoms. The van der Waals surface area contributed by atoms with Crippen LogP contribution in [0.5, 0.6) is 0 Å². The van der Waals surface area contributed by atoms with Crippen LogP contribution in [-0.2, 0) is 19.3 Å². The molecular weight excluding hydrogens is 246 g/mol. The van der Waals surface area contributed by atoms with Crippen LogP contribution in [0.25, 0.3) is 5.69 Å². The van der Waals surface area contributed by atoms with E-state index in [1.165, 1.54) is 42.5 Å². The fraction of sp³-hybridized carbons (Fsp3) is 0.471. The number of nitrogens with zero attached hydrogens (tertiary/aromatic N) is 2. The van der Waals surface area contributed by atoms with Crippen molar-refractivity contribution in [3.05, 3.63) is 41.1 Å². The summed E-state index contributed by atoms with van der Waals surface area (Å²) in [7, 11) is 0. The molecular formula is C17H23N3. The molecule has 0 atom stereocenters. The summed E-state index contributed by atoms with van der Waals surface area (Å²) in [5, 5.41) is 4.55. The van der Waals surface area contributed by atoms with E-state index in [1.54, 1.807) is 0 Å². The van der Waals surface area contributed by atoms with Crippen LogP contribution in [0.4, 0.5) is 5.82 Å². The molecule has 0 saturated carbocycles.